The average Bonchev–Trinajstić information content (AvgIpc) is 0.739. The van der Waals surface area contributed by atoms with Gasteiger partial charge < -0.3 is 101 Å². The predicted octanol–water partition coefficient (Wildman–Crippen LogP) is 18.2. The van der Waals surface area contributed by atoms with E-state index < -0.39 is 10.0 Å². The number of phenols is 12. The first-order valence-electron chi connectivity index (χ1n) is 39.5. The van der Waals surface area contributed by atoms with Gasteiger partial charge in [-0.3, -0.25) is 18.7 Å². The topological polar surface area (TPSA) is 431 Å². The number of carbonyl (C=O) groups excluding carboxylic acids is 3. The lowest BCUT2D eigenvalue weighted by atomic mass is 9.81. The number of nitrogens with zero attached hydrogens (tertiary/aromatic N) is 4. The number of aliphatic hydroxyl groups excluding tert-OH is 4. The van der Waals surface area contributed by atoms with Crippen LogP contribution in [-0.4, -0.2) is 167 Å². The first-order chi connectivity index (χ1) is 57.0. The van der Waals surface area contributed by atoms with Crippen molar-refractivity contribution in [3.63, 3.8) is 0 Å². The van der Waals surface area contributed by atoms with Gasteiger partial charge in [-0.1, -0.05) is 63.6 Å². The van der Waals surface area contributed by atoms with Gasteiger partial charge in [0.25, 0.3) is 15.9 Å². The van der Waals surface area contributed by atoms with Crippen LogP contribution in [0.4, 0.5) is 22.7 Å². The zero-order valence-corrected chi connectivity index (χ0v) is 77.4. The molecule has 650 valence electrons. The number of ether oxygens (including phenoxy) is 1. The molecule has 5 heterocycles. The number of rotatable bonds is 14. The van der Waals surface area contributed by atoms with E-state index in [1.54, 1.807) is 58.3 Å². The van der Waals surface area contributed by atoms with Crippen LogP contribution in [0.25, 0.3) is 0 Å². The lowest BCUT2D eigenvalue weighted by Crippen LogP contribution is -2.39. The minimum absolute atomic E-state index is 0.00528. The van der Waals surface area contributed by atoms with Crippen LogP contribution >= 0.6 is 95.6 Å². The molecule has 16 N–H and O–H groups in total. The third-order valence-corrected chi connectivity index (χ3v) is 29.0. The number of phenolic OH excluding ortho intramolecular Hbond substituents is 12. The highest BCUT2D eigenvalue weighted by Gasteiger charge is 2.41. The highest BCUT2D eigenvalue weighted by molar-refractivity contribution is 9.11. The van der Waals surface area contributed by atoms with Crippen LogP contribution in [0.1, 0.15) is 208 Å². The van der Waals surface area contributed by atoms with Gasteiger partial charge in [0.05, 0.1) is 56.6 Å². The van der Waals surface area contributed by atoms with Crippen molar-refractivity contribution in [2.75, 3.05) is 78.2 Å². The van der Waals surface area contributed by atoms with E-state index in [0.717, 1.165) is 65.3 Å². The molecule has 33 heteroatoms. The molecule has 120 heavy (non-hydrogen) atoms. The third-order valence-electron chi connectivity index (χ3n) is 22.4. The van der Waals surface area contributed by atoms with Gasteiger partial charge in [0.1, 0.15) is 79.2 Å². The van der Waals surface area contributed by atoms with Gasteiger partial charge in [0.15, 0.2) is 0 Å². The number of anilines is 4. The predicted molar refractivity (Wildman–Crippen MR) is 479 cm³/mol. The van der Waals surface area contributed by atoms with Crippen LogP contribution < -0.4 is 23.7 Å². The summed E-state index contributed by atoms with van der Waals surface area (Å²) in [7, 11) is -3.87. The Morgan fingerprint density at radius 2 is 0.800 bits per heavy atom. The minimum Gasteiger partial charge on any atom is -0.508 e. The molecule has 1 aliphatic carbocycles. The number of hydrogen-bond donors (Lipinski definition) is 16. The summed E-state index contributed by atoms with van der Waals surface area (Å²) in [6, 6.07) is 23.2. The zero-order valence-electron chi connectivity index (χ0n) is 67.0. The Morgan fingerprint density at radius 3 is 1.23 bits per heavy atom. The molecule has 8 aromatic carbocycles. The van der Waals surface area contributed by atoms with Gasteiger partial charge in [-0.2, -0.15) is 0 Å². The second-order valence-electron chi connectivity index (χ2n) is 30.3. The number of hydrogen-bond acceptors (Lipinski definition) is 22. The molecular formula is C87H102Br6N4O22S. The Kier molecular flexibility index (Phi) is 33.9. The summed E-state index contributed by atoms with van der Waals surface area (Å²) in [5.41, 5.74) is 8.40. The van der Waals surface area contributed by atoms with E-state index in [4.69, 9.17) is 9.84 Å². The molecule has 0 saturated heterocycles. The summed E-state index contributed by atoms with van der Waals surface area (Å²) in [6.07, 6.45) is 10.5. The van der Waals surface area contributed by atoms with Crippen molar-refractivity contribution in [3.05, 3.63) is 168 Å². The van der Waals surface area contributed by atoms with Crippen molar-refractivity contribution >= 4 is 146 Å². The fourth-order valence-electron chi connectivity index (χ4n) is 16.5. The molecule has 14 rings (SSSR count). The van der Waals surface area contributed by atoms with Gasteiger partial charge in [0, 0.05) is 141 Å². The van der Waals surface area contributed by atoms with Crippen LogP contribution in [0.5, 0.6) is 74.7 Å². The number of halogens is 6. The van der Waals surface area contributed by atoms with E-state index in [0.29, 0.717) is 158 Å². The molecule has 6 atom stereocenters. The van der Waals surface area contributed by atoms with Crippen LogP contribution in [0.15, 0.2) is 123 Å². The van der Waals surface area contributed by atoms with E-state index >= 15 is 0 Å². The van der Waals surface area contributed by atoms with E-state index in [9.17, 15) is 99.4 Å². The SMILES string of the molecule is CC(=O)N1CC[C@@H](CCO)c2c(O)cc(O)c(Br)c21.CC(C)C(=O)N1CC[C@@H](CCO)c2c(O)cc(O)c(Br)c21.CC[C@@H]1CCCc2c(Br)c(O)cc(O)c21.CC[C@@H]1CCOc2c(Br)c(O)cc(O)c21.Cc1ccc(S(=O)(=O)N2CC[C@@H](CCO)c3c(O)cc(O)c(Br)c32)cc1.O=C(c1ccccc1)N1CC[C@@H](CCO)c2c(O)cc(O)c(Br)c21. The van der Waals surface area contributed by atoms with Crippen LogP contribution in [-0.2, 0) is 26.0 Å². The van der Waals surface area contributed by atoms with E-state index in [-0.39, 0.29) is 164 Å². The number of fused-ring (bicyclic) bond motifs is 6. The molecule has 0 radical (unpaired) electrons. The molecule has 0 bridgehead atoms. The quantitative estimate of drug-likeness (QED) is 0.0481. The number of aryl methyl sites for hydroxylation is 1. The van der Waals surface area contributed by atoms with Crippen molar-refractivity contribution in [1.29, 1.82) is 0 Å². The number of aliphatic hydroxyl groups is 4. The molecule has 26 nitrogen and oxygen atoms in total. The van der Waals surface area contributed by atoms with E-state index in [1.165, 1.54) is 52.5 Å². The maximum Gasteiger partial charge on any atom is 0.264 e. The number of sulfonamides is 1. The molecule has 8 aromatic rings. The Morgan fingerprint density at radius 1 is 0.433 bits per heavy atom. The Hall–Kier alpha value is -7.96. The fourth-order valence-corrected chi connectivity index (χ4v) is 21.2. The van der Waals surface area contributed by atoms with Gasteiger partial charge in [-0.15, -0.1) is 0 Å². The summed E-state index contributed by atoms with van der Waals surface area (Å²) >= 11 is 19.9. The third kappa shape index (κ3) is 20.9. The Bertz CT molecular complexity index is 5070. The monoisotopic (exact) mass is 2060 g/mol. The highest BCUT2D eigenvalue weighted by Crippen LogP contribution is 2.57. The summed E-state index contributed by atoms with van der Waals surface area (Å²) in [5, 5.41) is 157. The largest absolute Gasteiger partial charge is 0.508 e. The summed E-state index contributed by atoms with van der Waals surface area (Å²) in [4.78, 5) is 41.8. The van der Waals surface area contributed by atoms with Crippen molar-refractivity contribution in [1.82, 2.24) is 0 Å². The Labute approximate surface area is 747 Å². The lowest BCUT2D eigenvalue weighted by Gasteiger charge is -2.36. The Balaban J connectivity index is 0.000000166. The summed E-state index contributed by atoms with van der Waals surface area (Å²) in [6.45, 7) is 13.4. The minimum atomic E-state index is -3.87. The number of amides is 3. The van der Waals surface area contributed by atoms with Crippen molar-refractivity contribution in [2.45, 2.75) is 172 Å². The summed E-state index contributed by atoms with van der Waals surface area (Å²) in [5.74, 6) is 0.100. The first-order valence-corrected chi connectivity index (χ1v) is 45.7. The van der Waals surface area contributed by atoms with Crippen molar-refractivity contribution < 1.29 is 109 Å². The van der Waals surface area contributed by atoms with Crippen LogP contribution in [0, 0.1) is 12.8 Å². The maximum absolute atomic E-state index is 13.2. The number of carbonyl (C=O) groups is 3. The van der Waals surface area contributed by atoms with Crippen LogP contribution in [0.2, 0.25) is 0 Å². The lowest BCUT2D eigenvalue weighted by molar-refractivity contribution is -0.121. The normalized spacial score (nSPS) is 18.0. The van der Waals surface area contributed by atoms with E-state index in [1.807, 2.05) is 26.8 Å². The van der Waals surface area contributed by atoms with Crippen LogP contribution in [0.3, 0.4) is 0 Å². The smallest absolute Gasteiger partial charge is 0.264 e. The fraction of sp³-hybridized carbons (Fsp3) is 0.414. The molecule has 5 aliphatic heterocycles. The van der Waals surface area contributed by atoms with Gasteiger partial charge in [0.2, 0.25) is 11.8 Å². The van der Waals surface area contributed by atoms with Gasteiger partial charge in [-0.05, 0) is 258 Å². The molecule has 0 saturated carbocycles. The second kappa shape index (κ2) is 42.4. The van der Waals surface area contributed by atoms with Crippen molar-refractivity contribution in [3.8, 4) is 74.7 Å². The molecule has 0 unspecified atom stereocenters. The maximum atomic E-state index is 13.2. The van der Waals surface area contributed by atoms with Crippen molar-refractivity contribution in [2.24, 2.45) is 5.92 Å². The summed E-state index contributed by atoms with van der Waals surface area (Å²) < 4.78 is 35.8. The van der Waals surface area contributed by atoms with E-state index in [2.05, 4.69) is 109 Å². The molecular weight excluding hydrogens is 1960 g/mol. The second-order valence-corrected chi connectivity index (χ2v) is 36.9. The molecule has 3 amide bonds. The average molecular weight is 2070 g/mol. The highest BCUT2D eigenvalue weighted by atomic mass is 79.9. The molecule has 0 fully saturated rings. The standard InChI is InChI=1S/C18H20BrNO5S.C18H18BrNO4.C15H20BrNO4.C13H16BrNO4.C12H15BrO2.C11H13BrO3/c1-11-2-4-13(5-3-11)26(24,25)20-8-6-12(7-9-21)16-14(22)10-15(23)17(19)18(16)20;19-16-14(23)10-13(22)15-11(7-9-21)6-8-20(17(15)16)18(24)12-4-2-1-3-5-12;1-8(2)15(21)17-5-3-9(4-6-18)12-10(19)7-11(20)13(16)14(12)17;1-7(17)15-4-2-8(3-5-16)11-9(18)6-10(19)12(14)13(11)15;1-2-7-4-3-5-8-11(7)9(14)6-10(15)12(8)13;1-2-6-3-4-15-11-9(6)7(13)5-8(14)10(11)12/h2-5,10,12,21-23H,6-9H2,1H3;1-5,10-11,21-23H,6-9H2;7-9,18-20H,3-6H2,1-2H3;6,8,16,18-19H,2-5H2,1H3;6-7,14-15H,2-5H2,1H3;5-6,13-14H,2-4H2,1H3/t12-;11-;9-;8-;7-;6-/m000011/s1. The first kappa shape index (κ1) is 95.9. The molecule has 0 spiro atoms. The zero-order chi connectivity index (χ0) is 88.2. The van der Waals surface area contributed by atoms with Gasteiger partial charge >= 0.3 is 0 Å². The number of benzene rings is 8. The number of aromatic hydroxyl groups is 12. The van der Waals surface area contributed by atoms with Gasteiger partial charge in [-0.25, -0.2) is 8.42 Å². The molecule has 0 aromatic heterocycles. The molecule has 6 aliphatic rings.